The van der Waals surface area contributed by atoms with E-state index in [1.807, 2.05) is 41.8 Å². The second-order valence-corrected chi connectivity index (χ2v) is 13.7. The first-order valence-electron chi connectivity index (χ1n) is 18.2. The Balaban J connectivity index is 1.32. The number of pyridine rings is 1. The fourth-order valence-electron chi connectivity index (χ4n) is 6.80. The van der Waals surface area contributed by atoms with Crippen LogP contribution in [0.1, 0.15) is 68.2 Å². The van der Waals surface area contributed by atoms with Crippen molar-refractivity contribution in [3.8, 4) is 5.75 Å². The first-order valence-corrected chi connectivity index (χ1v) is 18.2. The molecule has 2 bridgehead atoms. The van der Waals surface area contributed by atoms with Crippen LogP contribution in [-0.4, -0.2) is 91.0 Å². The number of allylic oxidation sites excluding steroid dienone is 1. The van der Waals surface area contributed by atoms with Gasteiger partial charge in [0.1, 0.15) is 11.4 Å². The number of benzene rings is 1. The van der Waals surface area contributed by atoms with Gasteiger partial charge in [-0.15, -0.1) is 0 Å². The number of methoxy groups -OCH3 is 1. The number of imidazole rings is 1. The van der Waals surface area contributed by atoms with E-state index in [0.29, 0.717) is 64.2 Å². The van der Waals surface area contributed by atoms with Gasteiger partial charge in [-0.05, 0) is 87.6 Å². The molecule has 3 N–H and O–H groups in total. The smallest absolute Gasteiger partial charge is 0.257 e. The molecule has 0 saturated heterocycles. The van der Waals surface area contributed by atoms with Gasteiger partial charge < -0.3 is 34.7 Å². The van der Waals surface area contributed by atoms with Gasteiger partial charge in [0.2, 0.25) is 17.7 Å². The SMILES string of the molecule is COCCC1(C(=O)NCC2=CCCCC2)CNC(=O)CCCN(C(=O)Cc2cnc3c(C)cccn23)CCCNC(=O)COc2ccc(cc2)C1. The summed E-state index contributed by atoms with van der Waals surface area (Å²) >= 11 is 0. The summed E-state index contributed by atoms with van der Waals surface area (Å²) in [6.45, 7) is 3.95. The Morgan fingerprint density at radius 1 is 1.02 bits per heavy atom. The first kappa shape index (κ1) is 37.5. The van der Waals surface area contributed by atoms with Crippen LogP contribution in [0.4, 0.5) is 0 Å². The number of hydrogen-bond acceptors (Lipinski definition) is 7. The monoisotopic (exact) mass is 700 g/mol. The number of hydrogen-bond donors (Lipinski definition) is 3. The zero-order valence-electron chi connectivity index (χ0n) is 30.0. The number of rotatable bonds is 8. The Hall–Kier alpha value is -4.71. The molecule has 1 unspecified atom stereocenters. The lowest BCUT2D eigenvalue weighted by Gasteiger charge is -2.33. The number of carbonyl (C=O) groups is 4. The van der Waals surface area contributed by atoms with E-state index < -0.39 is 5.41 Å². The van der Waals surface area contributed by atoms with Crippen LogP contribution in [0.15, 0.2) is 60.4 Å². The molecule has 0 fully saturated rings. The van der Waals surface area contributed by atoms with Gasteiger partial charge in [0.15, 0.2) is 6.61 Å². The molecule has 274 valence electrons. The Morgan fingerprint density at radius 3 is 2.63 bits per heavy atom. The highest BCUT2D eigenvalue weighted by molar-refractivity contribution is 5.85. The largest absolute Gasteiger partial charge is 0.484 e. The van der Waals surface area contributed by atoms with Gasteiger partial charge in [0.25, 0.3) is 5.91 Å². The number of carbonyl (C=O) groups excluding carboxylic acids is 4. The summed E-state index contributed by atoms with van der Waals surface area (Å²) in [6.07, 6.45) is 12.2. The molecular formula is C39H52N6O6. The zero-order valence-corrected chi connectivity index (χ0v) is 30.0. The zero-order chi connectivity index (χ0) is 36.1. The lowest BCUT2D eigenvalue weighted by atomic mass is 9.77. The van der Waals surface area contributed by atoms with E-state index in [9.17, 15) is 19.2 Å². The molecule has 51 heavy (non-hydrogen) atoms. The molecular weight excluding hydrogens is 648 g/mol. The molecule has 12 nitrogen and oxygen atoms in total. The number of aromatic nitrogens is 2. The van der Waals surface area contributed by atoms with Crippen molar-refractivity contribution in [1.82, 2.24) is 30.2 Å². The maximum absolute atomic E-state index is 14.1. The molecule has 3 aliphatic rings. The first-order chi connectivity index (χ1) is 24.8. The highest BCUT2D eigenvalue weighted by Gasteiger charge is 2.39. The third-order valence-corrected chi connectivity index (χ3v) is 9.84. The summed E-state index contributed by atoms with van der Waals surface area (Å²) in [5.41, 5.74) is 3.77. The second-order valence-electron chi connectivity index (χ2n) is 13.7. The minimum absolute atomic E-state index is 0.0816. The lowest BCUT2D eigenvalue weighted by Crippen LogP contribution is -2.51. The fourth-order valence-corrected chi connectivity index (χ4v) is 6.80. The van der Waals surface area contributed by atoms with Gasteiger partial charge in [0.05, 0.1) is 17.5 Å². The average molecular weight is 701 g/mol. The Kier molecular flexibility index (Phi) is 13.6. The number of fused-ring (bicyclic) bond motifs is 18. The van der Waals surface area contributed by atoms with Gasteiger partial charge in [-0.3, -0.25) is 19.2 Å². The Bertz CT molecular complexity index is 1680. The number of nitrogens with zero attached hydrogens (tertiary/aromatic N) is 3. The van der Waals surface area contributed by atoms with E-state index in [2.05, 4.69) is 27.0 Å². The third-order valence-electron chi connectivity index (χ3n) is 9.84. The molecule has 2 aliphatic heterocycles. The van der Waals surface area contributed by atoms with Crippen LogP contribution >= 0.6 is 0 Å². The van der Waals surface area contributed by atoms with Crippen molar-refractivity contribution in [2.75, 3.05) is 53.0 Å². The number of ether oxygens (including phenoxy) is 2. The molecule has 0 spiro atoms. The standard InChI is InChI=1S/C39H52N6O6/c1-29-9-6-21-45-32(26-41-37(29)45)23-36(48)44-19-7-12-34(46)43-28-39(17-22-50-2,38(49)42-25-31-10-4-3-5-11-31)24-30-13-15-33(16-14-30)51-27-35(47)40-18-8-20-44/h6,9-10,13-16,21,26H,3-5,7-8,11-12,17-20,22-25,27-28H2,1-2H3,(H,40,47)(H,42,49)(H,43,46). The maximum Gasteiger partial charge on any atom is 0.257 e. The van der Waals surface area contributed by atoms with Gasteiger partial charge in [-0.25, -0.2) is 4.98 Å². The molecule has 6 rings (SSSR count). The summed E-state index contributed by atoms with van der Waals surface area (Å²) in [5.74, 6) is -0.124. The van der Waals surface area contributed by atoms with E-state index >= 15 is 0 Å². The van der Waals surface area contributed by atoms with Gasteiger partial charge >= 0.3 is 0 Å². The number of aryl methyl sites for hydroxylation is 1. The summed E-state index contributed by atoms with van der Waals surface area (Å²) in [7, 11) is 1.61. The highest BCUT2D eigenvalue weighted by Crippen LogP contribution is 2.29. The Morgan fingerprint density at radius 2 is 1.84 bits per heavy atom. The Labute approximate surface area is 300 Å². The van der Waals surface area contributed by atoms with Gasteiger partial charge in [-0.2, -0.15) is 0 Å². The van der Waals surface area contributed by atoms with Crippen LogP contribution in [-0.2, 0) is 36.8 Å². The van der Waals surface area contributed by atoms with Crippen molar-refractivity contribution < 1.29 is 28.7 Å². The fraction of sp³-hybridized carbons (Fsp3) is 0.513. The van der Waals surface area contributed by atoms with Crippen LogP contribution in [0.2, 0.25) is 0 Å². The van der Waals surface area contributed by atoms with Crippen LogP contribution in [0.5, 0.6) is 5.75 Å². The normalized spacial score (nSPS) is 19.8. The molecule has 0 saturated carbocycles. The molecule has 1 atom stereocenters. The van der Waals surface area contributed by atoms with Crippen molar-refractivity contribution in [2.45, 2.75) is 71.1 Å². The van der Waals surface area contributed by atoms with Crippen molar-refractivity contribution in [2.24, 2.45) is 5.41 Å². The number of nitrogens with one attached hydrogen (secondary N) is 3. The molecule has 3 aromatic rings. The maximum atomic E-state index is 14.1. The molecule has 4 heterocycles. The minimum Gasteiger partial charge on any atom is -0.484 e. The summed E-state index contributed by atoms with van der Waals surface area (Å²) < 4.78 is 13.1. The lowest BCUT2D eigenvalue weighted by molar-refractivity contribution is -0.133. The minimum atomic E-state index is -0.974. The van der Waals surface area contributed by atoms with E-state index in [1.165, 1.54) is 12.0 Å². The van der Waals surface area contributed by atoms with Crippen LogP contribution < -0.4 is 20.7 Å². The number of amides is 4. The molecule has 4 amide bonds. The van der Waals surface area contributed by atoms with Gasteiger partial charge in [0, 0.05) is 65.3 Å². The molecule has 0 radical (unpaired) electrons. The highest BCUT2D eigenvalue weighted by atomic mass is 16.5. The van der Waals surface area contributed by atoms with Crippen LogP contribution in [0.3, 0.4) is 0 Å². The van der Waals surface area contributed by atoms with E-state index in [-0.39, 0.29) is 49.6 Å². The van der Waals surface area contributed by atoms with Crippen LogP contribution in [0, 0.1) is 12.3 Å². The van der Waals surface area contributed by atoms with Crippen molar-refractivity contribution in [1.29, 1.82) is 0 Å². The van der Waals surface area contributed by atoms with Crippen molar-refractivity contribution in [3.63, 3.8) is 0 Å². The molecule has 2 aromatic heterocycles. The molecule has 1 aliphatic carbocycles. The second kappa shape index (κ2) is 18.5. The van der Waals surface area contributed by atoms with E-state index in [4.69, 9.17) is 9.47 Å². The molecule has 12 heteroatoms. The summed E-state index contributed by atoms with van der Waals surface area (Å²) in [6, 6.07) is 11.3. The van der Waals surface area contributed by atoms with E-state index in [1.54, 1.807) is 30.3 Å². The van der Waals surface area contributed by atoms with Crippen LogP contribution in [0.25, 0.3) is 5.65 Å². The summed E-state index contributed by atoms with van der Waals surface area (Å²) in [5, 5.41) is 9.12. The average Bonchev–Trinajstić information content (AvgIpc) is 3.56. The third kappa shape index (κ3) is 10.6. The quantitative estimate of drug-likeness (QED) is 0.304. The van der Waals surface area contributed by atoms with Crippen molar-refractivity contribution >= 4 is 29.3 Å². The predicted molar refractivity (Wildman–Crippen MR) is 194 cm³/mol. The van der Waals surface area contributed by atoms with Gasteiger partial charge in [-0.1, -0.05) is 29.8 Å². The summed E-state index contributed by atoms with van der Waals surface area (Å²) in [4.78, 5) is 59.9. The molecule has 1 aromatic carbocycles. The predicted octanol–water partition coefficient (Wildman–Crippen LogP) is 3.69. The van der Waals surface area contributed by atoms with Crippen molar-refractivity contribution in [3.05, 3.63) is 77.3 Å². The van der Waals surface area contributed by atoms with E-state index in [0.717, 1.165) is 41.7 Å². The topological polar surface area (TPSA) is 143 Å².